The smallest absolute Gasteiger partial charge is 0.260 e. The van der Waals surface area contributed by atoms with Crippen LogP contribution in [0, 0.1) is 12.7 Å². The molecule has 7 heteroatoms. The zero-order valence-corrected chi connectivity index (χ0v) is 14.9. The highest BCUT2D eigenvalue weighted by Crippen LogP contribution is 2.19. The number of halogens is 1. The lowest BCUT2D eigenvalue weighted by Gasteiger charge is -2.34. The molecule has 6 nitrogen and oxygen atoms in total. The summed E-state index contributed by atoms with van der Waals surface area (Å²) in [7, 11) is 1.44. The predicted molar refractivity (Wildman–Crippen MR) is 95.9 cm³/mol. The Balaban J connectivity index is 1.59. The summed E-state index contributed by atoms with van der Waals surface area (Å²) in [6, 6.07) is 8.23. The molecule has 0 atom stereocenters. The molecule has 2 heterocycles. The van der Waals surface area contributed by atoms with E-state index < -0.39 is 0 Å². The Bertz CT molecular complexity index is 857. The molecule has 1 amide bonds. The minimum absolute atomic E-state index is 0.168. The number of carbonyl (C=O) groups is 1. The first-order valence-corrected chi connectivity index (χ1v) is 8.52. The molecule has 1 aromatic heterocycles. The Kier molecular flexibility index (Phi) is 5.37. The van der Waals surface area contributed by atoms with Crippen molar-refractivity contribution in [3.05, 3.63) is 63.3 Å². The van der Waals surface area contributed by atoms with Gasteiger partial charge in [-0.1, -0.05) is 6.07 Å². The Morgan fingerprint density at radius 1 is 1.19 bits per heavy atom. The van der Waals surface area contributed by atoms with Gasteiger partial charge in [-0.15, -0.1) is 0 Å². The van der Waals surface area contributed by atoms with E-state index in [0.29, 0.717) is 32.7 Å². The highest BCUT2D eigenvalue weighted by atomic mass is 19.1. The van der Waals surface area contributed by atoms with Crippen LogP contribution in [0.1, 0.15) is 21.6 Å². The molecule has 1 aliphatic rings. The maximum absolute atomic E-state index is 13.8. The van der Waals surface area contributed by atoms with Gasteiger partial charge in [0.15, 0.2) is 11.6 Å². The molecule has 0 saturated carbocycles. The van der Waals surface area contributed by atoms with E-state index in [9.17, 15) is 14.0 Å². The van der Waals surface area contributed by atoms with Crippen molar-refractivity contribution < 1.29 is 13.9 Å². The zero-order chi connectivity index (χ0) is 18.7. The summed E-state index contributed by atoms with van der Waals surface area (Å²) in [5.41, 5.74) is 1.40. The average molecular weight is 359 g/mol. The van der Waals surface area contributed by atoms with E-state index in [0.717, 1.165) is 11.3 Å². The van der Waals surface area contributed by atoms with Crippen LogP contribution in [-0.2, 0) is 6.54 Å². The van der Waals surface area contributed by atoms with Crippen LogP contribution in [0.15, 0.2) is 35.1 Å². The molecule has 1 saturated heterocycles. The number of amides is 1. The van der Waals surface area contributed by atoms with Gasteiger partial charge < -0.3 is 14.6 Å². The van der Waals surface area contributed by atoms with Crippen LogP contribution < -0.4 is 10.3 Å². The molecule has 0 radical (unpaired) electrons. The third kappa shape index (κ3) is 3.94. The van der Waals surface area contributed by atoms with Gasteiger partial charge in [0.25, 0.3) is 11.5 Å². The molecule has 26 heavy (non-hydrogen) atoms. The number of piperazine rings is 1. The van der Waals surface area contributed by atoms with Gasteiger partial charge in [0, 0.05) is 38.4 Å². The zero-order valence-electron chi connectivity index (χ0n) is 14.9. The average Bonchev–Trinajstić information content (AvgIpc) is 2.62. The number of carbonyl (C=O) groups excluding carboxylic acids is 1. The molecule has 0 spiro atoms. The van der Waals surface area contributed by atoms with Crippen LogP contribution in [0.4, 0.5) is 4.39 Å². The molecule has 0 bridgehead atoms. The fraction of sp³-hybridized carbons (Fsp3) is 0.368. The third-order valence-electron chi connectivity index (χ3n) is 4.57. The summed E-state index contributed by atoms with van der Waals surface area (Å²) in [6.07, 6.45) is 0. The summed E-state index contributed by atoms with van der Waals surface area (Å²) in [5, 5.41) is 0. The number of hydrogen-bond donors (Lipinski definition) is 1. The molecule has 0 unspecified atom stereocenters. The van der Waals surface area contributed by atoms with Gasteiger partial charge in [0.1, 0.15) is 5.56 Å². The number of ether oxygens (including phenoxy) is 1. The van der Waals surface area contributed by atoms with E-state index in [4.69, 9.17) is 4.74 Å². The Morgan fingerprint density at radius 3 is 2.54 bits per heavy atom. The van der Waals surface area contributed by atoms with Crippen molar-refractivity contribution in [3.63, 3.8) is 0 Å². The van der Waals surface area contributed by atoms with Crippen molar-refractivity contribution in [2.24, 2.45) is 0 Å². The molecular weight excluding hydrogens is 337 g/mol. The molecule has 1 aliphatic heterocycles. The van der Waals surface area contributed by atoms with Crippen LogP contribution in [0.3, 0.4) is 0 Å². The van der Waals surface area contributed by atoms with Crippen molar-refractivity contribution >= 4 is 5.91 Å². The van der Waals surface area contributed by atoms with E-state index >= 15 is 0 Å². The van der Waals surface area contributed by atoms with Gasteiger partial charge in [-0.25, -0.2) is 4.39 Å². The highest BCUT2D eigenvalue weighted by molar-refractivity contribution is 5.93. The number of nitrogens with one attached hydrogen (secondary N) is 1. The first kappa shape index (κ1) is 18.1. The minimum Gasteiger partial charge on any atom is -0.494 e. The molecular formula is C19H22FN3O3. The van der Waals surface area contributed by atoms with E-state index in [1.165, 1.54) is 13.2 Å². The largest absolute Gasteiger partial charge is 0.494 e. The second kappa shape index (κ2) is 7.70. The predicted octanol–water partition coefficient (Wildman–Crippen LogP) is 1.79. The number of pyridine rings is 1. The lowest BCUT2D eigenvalue weighted by atomic mass is 10.1. The first-order chi connectivity index (χ1) is 12.5. The molecule has 1 aromatic carbocycles. The Labute approximate surface area is 151 Å². The minimum atomic E-state index is -0.377. The monoisotopic (exact) mass is 359 g/mol. The first-order valence-electron chi connectivity index (χ1n) is 8.52. The van der Waals surface area contributed by atoms with Crippen LogP contribution in [-0.4, -0.2) is 54.0 Å². The van der Waals surface area contributed by atoms with E-state index in [1.54, 1.807) is 30.0 Å². The number of methoxy groups -OCH3 is 1. The lowest BCUT2D eigenvalue weighted by Crippen LogP contribution is -2.49. The molecule has 3 rings (SSSR count). The van der Waals surface area contributed by atoms with E-state index in [1.807, 2.05) is 6.07 Å². The van der Waals surface area contributed by atoms with E-state index in [2.05, 4.69) is 9.88 Å². The Hall–Kier alpha value is -2.67. The fourth-order valence-electron chi connectivity index (χ4n) is 3.09. The number of aromatic nitrogens is 1. The number of aryl methyl sites for hydroxylation is 1. The quantitative estimate of drug-likeness (QED) is 0.904. The SMILES string of the molecule is COc1ccc(CN2CCN(C(=O)c3ccc(C)[nH]c3=O)CC2)cc1F. The summed E-state index contributed by atoms with van der Waals surface area (Å²) >= 11 is 0. The molecule has 138 valence electrons. The maximum atomic E-state index is 13.8. The maximum Gasteiger partial charge on any atom is 0.260 e. The summed E-state index contributed by atoms with van der Waals surface area (Å²) in [4.78, 5) is 31.0. The third-order valence-corrected chi connectivity index (χ3v) is 4.57. The number of aromatic amines is 1. The second-order valence-electron chi connectivity index (χ2n) is 6.42. The fourth-order valence-corrected chi connectivity index (χ4v) is 3.09. The van der Waals surface area contributed by atoms with Crippen molar-refractivity contribution in [2.75, 3.05) is 33.3 Å². The van der Waals surface area contributed by atoms with Gasteiger partial charge in [0.05, 0.1) is 7.11 Å². The topological polar surface area (TPSA) is 65.6 Å². The van der Waals surface area contributed by atoms with Crippen LogP contribution in [0.25, 0.3) is 0 Å². The van der Waals surface area contributed by atoms with Gasteiger partial charge in [0.2, 0.25) is 0 Å². The summed E-state index contributed by atoms with van der Waals surface area (Å²) in [5.74, 6) is -0.397. The number of rotatable bonds is 4. The highest BCUT2D eigenvalue weighted by Gasteiger charge is 2.24. The summed E-state index contributed by atoms with van der Waals surface area (Å²) < 4.78 is 18.7. The second-order valence-corrected chi connectivity index (χ2v) is 6.42. The van der Waals surface area contributed by atoms with Crippen molar-refractivity contribution in [3.8, 4) is 5.75 Å². The number of nitrogens with zero attached hydrogens (tertiary/aromatic N) is 2. The van der Waals surface area contributed by atoms with Crippen LogP contribution in [0.5, 0.6) is 5.75 Å². The normalized spacial score (nSPS) is 15.1. The van der Waals surface area contributed by atoms with Crippen molar-refractivity contribution in [2.45, 2.75) is 13.5 Å². The van der Waals surface area contributed by atoms with Crippen molar-refractivity contribution in [1.29, 1.82) is 0 Å². The van der Waals surface area contributed by atoms with E-state index in [-0.39, 0.29) is 28.6 Å². The lowest BCUT2D eigenvalue weighted by molar-refractivity contribution is 0.0626. The molecule has 2 aromatic rings. The molecule has 1 fully saturated rings. The van der Waals surface area contributed by atoms with Crippen LogP contribution in [0.2, 0.25) is 0 Å². The van der Waals surface area contributed by atoms with Crippen LogP contribution >= 0.6 is 0 Å². The summed E-state index contributed by atoms with van der Waals surface area (Å²) in [6.45, 7) is 4.78. The van der Waals surface area contributed by atoms with Crippen molar-refractivity contribution in [1.82, 2.24) is 14.8 Å². The standard InChI is InChI=1S/C19H22FN3O3/c1-13-3-5-15(18(24)21-13)19(25)23-9-7-22(8-10-23)12-14-4-6-17(26-2)16(20)11-14/h3-6,11H,7-10,12H2,1-2H3,(H,21,24). The van der Waals surface area contributed by atoms with Gasteiger partial charge in [-0.05, 0) is 36.8 Å². The van der Waals surface area contributed by atoms with Gasteiger partial charge in [-0.2, -0.15) is 0 Å². The molecule has 0 aliphatic carbocycles. The number of hydrogen-bond acceptors (Lipinski definition) is 4. The molecule has 1 N–H and O–H groups in total. The number of H-pyrrole nitrogens is 1. The van der Waals surface area contributed by atoms with Gasteiger partial charge >= 0.3 is 0 Å². The Morgan fingerprint density at radius 2 is 1.92 bits per heavy atom. The van der Waals surface area contributed by atoms with Gasteiger partial charge in [-0.3, -0.25) is 14.5 Å². The number of benzene rings is 1.